The van der Waals surface area contributed by atoms with Gasteiger partial charge in [0, 0.05) is 42.0 Å². The number of rotatable bonds is 4. The molecule has 1 aromatic carbocycles. The summed E-state index contributed by atoms with van der Waals surface area (Å²) in [6.07, 6.45) is 10.2. The molecular formula is C26H25ClN4O3S. The lowest BCUT2D eigenvalue weighted by molar-refractivity contribution is 0.314. The van der Waals surface area contributed by atoms with E-state index in [1.807, 2.05) is 28.8 Å². The minimum absolute atomic E-state index is 0.00368. The molecule has 0 spiro atoms. The summed E-state index contributed by atoms with van der Waals surface area (Å²) in [5.74, 6) is 0.559. The van der Waals surface area contributed by atoms with Gasteiger partial charge in [-0.15, -0.1) is 0 Å². The summed E-state index contributed by atoms with van der Waals surface area (Å²) in [6.45, 7) is 0. The van der Waals surface area contributed by atoms with Crippen molar-refractivity contribution in [1.29, 1.82) is 0 Å². The van der Waals surface area contributed by atoms with Gasteiger partial charge in [-0.05, 0) is 73.4 Å². The van der Waals surface area contributed by atoms with E-state index < -0.39 is 9.84 Å². The van der Waals surface area contributed by atoms with Crippen molar-refractivity contribution in [3.8, 4) is 28.1 Å². The molecule has 2 aliphatic rings. The first kappa shape index (κ1) is 22.5. The van der Waals surface area contributed by atoms with Gasteiger partial charge in [0.05, 0.1) is 15.8 Å². The number of pyridine rings is 1. The Labute approximate surface area is 208 Å². The Hall–Kier alpha value is -2.97. The Balaban J connectivity index is 1.51. The van der Waals surface area contributed by atoms with Gasteiger partial charge in [0.15, 0.2) is 15.5 Å². The quantitative estimate of drug-likeness (QED) is 0.410. The SMILES string of the molecule is CS(=O)(=O)C1C2CCC1CC(c1ccnc3c(-c4ccc(Cl)c(O)c4)c(-c4ccncc4)nn13)C2. The monoisotopic (exact) mass is 508 g/mol. The molecule has 4 aromatic rings. The molecule has 2 bridgehead atoms. The van der Waals surface area contributed by atoms with Crippen LogP contribution in [0.15, 0.2) is 55.0 Å². The Bertz CT molecular complexity index is 1520. The van der Waals surface area contributed by atoms with Crippen molar-refractivity contribution in [2.75, 3.05) is 6.26 Å². The number of phenols is 1. The van der Waals surface area contributed by atoms with Gasteiger partial charge >= 0.3 is 0 Å². The van der Waals surface area contributed by atoms with E-state index in [0.717, 1.165) is 53.8 Å². The van der Waals surface area contributed by atoms with Crippen LogP contribution in [0.25, 0.3) is 28.0 Å². The third-order valence-electron chi connectivity index (χ3n) is 7.66. The fraction of sp³-hybridized carbons (Fsp3) is 0.346. The Morgan fingerprint density at radius 3 is 2.37 bits per heavy atom. The highest BCUT2D eigenvalue weighted by Crippen LogP contribution is 2.51. The Kier molecular flexibility index (Phi) is 5.34. The first-order chi connectivity index (χ1) is 16.8. The fourth-order valence-electron chi connectivity index (χ4n) is 6.33. The van der Waals surface area contributed by atoms with Gasteiger partial charge in [0.2, 0.25) is 0 Å². The lowest BCUT2D eigenvalue weighted by atomic mass is 9.79. The zero-order chi connectivity index (χ0) is 24.3. The number of nitrogens with zero attached hydrogens (tertiary/aromatic N) is 4. The first-order valence-corrected chi connectivity index (χ1v) is 14.1. The Morgan fingerprint density at radius 2 is 1.71 bits per heavy atom. The largest absolute Gasteiger partial charge is 0.506 e. The zero-order valence-corrected chi connectivity index (χ0v) is 20.7. The molecule has 2 atom stereocenters. The summed E-state index contributed by atoms with van der Waals surface area (Å²) in [4.78, 5) is 8.83. The molecule has 0 amide bonds. The summed E-state index contributed by atoms with van der Waals surface area (Å²) < 4.78 is 26.8. The number of phenolic OH excluding ortho intramolecular Hbond substituents is 1. The van der Waals surface area contributed by atoms with Crippen molar-refractivity contribution < 1.29 is 13.5 Å². The fourth-order valence-corrected chi connectivity index (χ4v) is 8.34. The number of fused-ring (bicyclic) bond motifs is 3. The Morgan fingerprint density at radius 1 is 1.00 bits per heavy atom. The number of aromatic nitrogens is 4. The summed E-state index contributed by atoms with van der Waals surface area (Å²) in [5, 5.41) is 15.4. The van der Waals surface area contributed by atoms with Gasteiger partial charge in [-0.1, -0.05) is 17.7 Å². The van der Waals surface area contributed by atoms with Crippen LogP contribution in [-0.2, 0) is 9.84 Å². The summed E-state index contributed by atoms with van der Waals surface area (Å²) >= 11 is 6.08. The predicted octanol–water partition coefficient (Wildman–Crippen LogP) is 5.13. The molecule has 180 valence electrons. The highest BCUT2D eigenvalue weighted by Gasteiger charge is 2.48. The molecule has 3 aromatic heterocycles. The van der Waals surface area contributed by atoms with Crippen LogP contribution in [-0.4, -0.2) is 44.6 Å². The lowest BCUT2D eigenvalue weighted by Crippen LogP contribution is -2.36. The molecule has 1 N–H and O–H groups in total. The van der Waals surface area contributed by atoms with Gasteiger partial charge in [0.1, 0.15) is 11.4 Å². The topological polar surface area (TPSA) is 97.5 Å². The standard InChI is InChI=1S/C26H25ClN4O3S/c1-35(33,34)25-17-2-3-18(25)13-19(12-17)21-8-11-29-26-23(16-4-5-20(27)22(32)14-16)24(30-31(21)26)15-6-9-28-10-7-15/h4-11,14,17-19,25,32H,2-3,12-13H2,1H3. The van der Waals surface area contributed by atoms with Crippen molar-refractivity contribution in [1.82, 2.24) is 19.6 Å². The molecule has 2 aliphatic carbocycles. The maximum absolute atomic E-state index is 12.5. The molecule has 2 saturated carbocycles. The van der Waals surface area contributed by atoms with Crippen LogP contribution in [0.1, 0.15) is 37.3 Å². The van der Waals surface area contributed by atoms with E-state index in [2.05, 4.69) is 4.98 Å². The third-order valence-corrected chi connectivity index (χ3v) is 9.74. The number of aromatic hydroxyl groups is 1. The maximum atomic E-state index is 12.5. The summed E-state index contributed by atoms with van der Waals surface area (Å²) in [6, 6.07) is 11.0. The van der Waals surface area contributed by atoms with Gasteiger partial charge < -0.3 is 5.11 Å². The second-order valence-electron chi connectivity index (χ2n) is 9.79. The zero-order valence-electron chi connectivity index (χ0n) is 19.2. The summed E-state index contributed by atoms with van der Waals surface area (Å²) in [5.41, 5.74) is 4.92. The molecule has 9 heteroatoms. The van der Waals surface area contributed by atoms with E-state index in [-0.39, 0.29) is 33.8 Å². The average molecular weight is 509 g/mol. The van der Waals surface area contributed by atoms with Crippen molar-refractivity contribution >= 4 is 27.1 Å². The van der Waals surface area contributed by atoms with Gasteiger partial charge in [-0.3, -0.25) is 4.98 Å². The van der Waals surface area contributed by atoms with Crippen LogP contribution in [0.2, 0.25) is 5.02 Å². The van der Waals surface area contributed by atoms with Gasteiger partial charge in [-0.25, -0.2) is 17.9 Å². The van der Waals surface area contributed by atoms with E-state index in [0.29, 0.717) is 5.65 Å². The molecule has 3 heterocycles. The second-order valence-corrected chi connectivity index (χ2v) is 12.4. The summed E-state index contributed by atoms with van der Waals surface area (Å²) in [7, 11) is -3.07. The molecule has 2 fully saturated rings. The minimum atomic E-state index is -3.07. The number of benzene rings is 1. The molecule has 0 saturated heterocycles. The number of sulfone groups is 1. The first-order valence-electron chi connectivity index (χ1n) is 11.8. The predicted molar refractivity (Wildman–Crippen MR) is 135 cm³/mol. The smallest absolute Gasteiger partial charge is 0.163 e. The van der Waals surface area contributed by atoms with Crippen LogP contribution in [0.3, 0.4) is 0 Å². The number of hydrogen-bond acceptors (Lipinski definition) is 6. The van der Waals surface area contributed by atoms with Gasteiger partial charge in [0.25, 0.3) is 0 Å². The second kappa shape index (κ2) is 8.31. The lowest BCUT2D eigenvalue weighted by Gasteiger charge is -2.34. The van der Waals surface area contributed by atoms with Crippen molar-refractivity contribution in [3.05, 3.63) is 65.7 Å². The molecule has 0 aliphatic heterocycles. The van der Waals surface area contributed by atoms with Crippen LogP contribution >= 0.6 is 11.6 Å². The number of hydrogen-bond donors (Lipinski definition) is 1. The molecule has 0 radical (unpaired) electrons. The molecule has 35 heavy (non-hydrogen) atoms. The minimum Gasteiger partial charge on any atom is -0.506 e. The molecule has 2 unspecified atom stereocenters. The van der Waals surface area contributed by atoms with Crippen molar-refractivity contribution in [3.63, 3.8) is 0 Å². The highest BCUT2D eigenvalue weighted by molar-refractivity contribution is 7.91. The number of halogens is 1. The molecular weight excluding hydrogens is 484 g/mol. The van der Waals surface area contributed by atoms with E-state index in [1.165, 1.54) is 6.26 Å². The maximum Gasteiger partial charge on any atom is 0.163 e. The van der Waals surface area contributed by atoms with Crippen LogP contribution in [0.4, 0.5) is 0 Å². The van der Waals surface area contributed by atoms with E-state index in [4.69, 9.17) is 21.7 Å². The van der Waals surface area contributed by atoms with Crippen LogP contribution in [0, 0.1) is 11.8 Å². The van der Waals surface area contributed by atoms with Crippen molar-refractivity contribution in [2.24, 2.45) is 11.8 Å². The van der Waals surface area contributed by atoms with E-state index >= 15 is 0 Å². The van der Waals surface area contributed by atoms with Crippen LogP contribution < -0.4 is 0 Å². The third kappa shape index (κ3) is 3.79. The van der Waals surface area contributed by atoms with E-state index in [1.54, 1.807) is 30.7 Å². The van der Waals surface area contributed by atoms with Gasteiger partial charge in [-0.2, -0.15) is 5.10 Å². The van der Waals surface area contributed by atoms with E-state index in [9.17, 15) is 13.5 Å². The molecule has 6 rings (SSSR count). The highest BCUT2D eigenvalue weighted by atomic mass is 35.5. The average Bonchev–Trinajstić information content (AvgIpc) is 3.36. The van der Waals surface area contributed by atoms with Crippen molar-refractivity contribution in [2.45, 2.75) is 36.9 Å². The normalized spacial score (nSPS) is 24.2. The molecule has 7 nitrogen and oxygen atoms in total. The van der Waals surface area contributed by atoms with Crippen LogP contribution in [0.5, 0.6) is 5.75 Å².